The number of amides is 1. The van der Waals surface area contributed by atoms with E-state index >= 15 is 0 Å². The predicted octanol–water partition coefficient (Wildman–Crippen LogP) is 3.65. The molecule has 0 aliphatic heterocycles. The monoisotopic (exact) mass is 355 g/mol. The van der Waals surface area contributed by atoms with E-state index in [2.05, 4.69) is 15.9 Å². The minimum absolute atomic E-state index is 0.0611. The maximum atomic E-state index is 12.4. The minimum Gasteiger partial charge on any atom is -0.480 e. The van der Waals surface area contributed by atoms with E-state index in [0.29, 0.717) is 6.42 Å². The Morgan fingerprint density at radius 1 is 1.24 bits per heavy atom. The first-order valence-corrected chi connectivity index (χ1v) is 7.91. The molecular formula is C16H22BrNO3. The number of carbonyl (C=O) groups excluding carboxylic acids is 1. The number of aliphatic carboxylic acids is 1. The lowest BCUT2D eigenvalue weighted by Gasteiger charge is -2.28. The lowest BCUT2D eigenvalue weighted by Crippen LogP contribution is -2.42. The third-order valence-corrected chi connectivity index (χ3v) is 4.20. The van der Waals surface area contributed by atoms with E-state index in [-0.39, 0.29) is 24.4 Å². The third-order valence-electron chi connectivity index (χ3n) is 3.67. The van der Waals surface area contributed by atoms with E-state index in [1.807, 2.05) is 45.0 Å². The van der Waals surface area contributed by atoms with Gasteiger partial charge in [-0.2, -0.15) is 0 Å². The van der Waals surface area contributed by atoms with Gasteiger partial charge in [0.15, 0.2) is 0 Å². The molecule has 2 atom stereocenters. The number of carboxylic acids is 1. The Bertz CT molecular complexity index is 487. The molecule has 0 radical (unpaired) electrons. The van der Waals surface area contributed by atoms with Crippen LogP contribution in [0.2, 0.25) is 0 Å². The van der Waals surface area contributed by atoms with Gasteiger partial charge in [0.05, 0.1) is 0 Å². The van der Waals surface area contributed by atoms with Gasteiger partial charge in [0.25, 0.3) is 0 Å². The van der Waals surface area contributed by atoms with Crippen LogP contribution in [0.3, 0.4) is 0 Å². The van der Waals surface area contributed by atoms with Crippen LogP contribution in [0.15, 0.2) is 28.7 Å². The van der Waals surface area contributed by atoms with Crippen molar-refractivity contribution in [1.82, 2.24) is 4.90 Å². The Morgan fingerprint density at radius 3 is 2.29 bits per heavy atom. The van der Waals surface area contributed by atoms with Crippen molar-refractivity contribution in [2.45, 2.75) is 45.6 Å². The molecule has 2 unspecified atom stereocenters. The summed E-state index contributed by atoms with van der Waals surface area (Å²) in [5, 5.41) is 8.96. The molecule has 4 nitrogen and oxygen atoms in total. The average molecular weight is 356 g/mol. The molecule has 1 rings (SSSR count). The molecule has 0 bridgehead atoms. The van der Waals surface area contributed by atoms with Crippen molar-refractivity contribution in [2.75, 3.05) is 6.54 Å². The Hall–Kier alpha value is -1.36. The number of carboxylic acid groups (broad SMARTS) is 1. The summed E-state index contributed by atoms with van der Waals surface area (Å²) < 4.78 is 0.997. The smallest absolute Gasteiger partial charge is 0.323 e. The highest BCUT2D eigenvalue weighted by Gasteiger charge is 2.23. The second-order valence-corrected chi connectivity index (χ2v) is 6.25. The van der Waals surface area contributed by atoms with Gasteiger partial charge in [-0.25, -0.2) is 0 Å². The number of hydrogen-bond acceptors (Lipinski definition) is 2. The first-order valence-electron chi connectivity index (χ1n) is 7.11. The van der Waals surface area contributed by atoms with Crippen molar-refractivity contribution < 1.29 is 14.7 Å². The van der Waals surface area contributed by atoms with Crippen LogP contribution in [-0.4, -0.2) is 34.5 Å². The van der Waals surface area contributed by atoms with E-state index < -0.39 is 5.97 Å². The summed E-state index contributed by atoms with van der Waals surface area (Å²) in [4.78, 5) is 24.8. The molecule has 1 amide bonds. The molecule has 1 aromatic rings. The highest BCUT2D eigenvalue weighted by molar-refractivity contribution is 9.10. The molecule has 0 fully saturated rings. The first-order chi connectivity index (χ1) is 9.85. The maximum Gasteiger partial charge on any atom is 0.323 e. The van der Waals surface area contributed by atoms with E-state index in [1.54, 1.807) is 0 Å². The van der Waals surface area contributed by atoms with Crippen molar-refractivity contribution in [3.05, 3.63) is 34.3 Å². The van der Waals surface area contributed by atoms with E-state index in [1.165, 1.54) is 4.90 Å². The molecule has 21 heavy (non-hydrogen) atoms. The van der Waals surface area contributed by atoms with Crippen LogP contribution in [0.5, 0.6) is 0 Å². The van der Waals surface area contributed by atoms with Gasteiger partial charge in [-0.15, -0.1) is 0 Å². The number of hydrogen-bond donors (Lipinski definition) is 1. The SMILES string of the molecule is CCC(C)N(CC(=O)O)C(=O)CC(C)c1ccc(Br)cc1. The zero-order valence-corrected chi connectivity index (χ0v) is 14.3. The van der Waals surface area contributed by atoms with Crippen LogP contribution >= 0.6 is 15.9 Å². The van der Waals surface area contributed by atoms with Crippen molar-refractivity contribution in [1.29, 1.82) is 0 Å². The van der Waals surface area contributed by atoms with Gasteiger partial charge in [0, 0.05) is 16.9 Å². The van der Waals surface area contributed by atoms with Gasteiger partial charge in [0.1, 0.15) is 6.54 Å². The lowest BCUT2D eigenvalue weighted by atomic mass is 9.97. The number of rotatable bonds is 7. The zero-order valence-electron chi connectivity index (χ0n) is 12.7. The van der Waals surface area contributed by atoms with Crippen LogP contribution in [0.4, 0.5) is 0 Å². The number of nitrogens with zero attached hydrogens (tertiary/aromatic N) is 1. The summed E-state index contributed by atoms with van der Waals surface area (Å²) in [6.45, 7) is 5.58. The molecule has 1 aromatic carbocycles. The maximum absolute atomic E-state index is 12.4. The molecular weight excluding hydrogens is 334 g/mol. The van der Waals surface area contributed by atoms with Gasteiger partial charge in [-0.3, -0.25) is 9.59 Å². The number of carbonyl (C=O) groups is 2. The summed E-state index contributed by atoms with van der Waals surface area (Å²) in [6.07, 6.45) is 1.06. The molecule has 0 spiro atoms. The van der Waals surface area contributed by atoms with E-state index in [0.717, 1.165) is 16.5 Å². The van der Waals surface area contributed by atoms with Crippen molar-refractivity contribution in [2.24, 2.45) is 0 Å². The quantitative estimate of drug-likeness (QED) is 0.811. The summed E-state index contributed by atoms with van der Waals surface area (Å²) in [5.41, 5.74) is 1.07. The van der Waals surface area contributed by atoms with Gasteiger partial charge >= 0.3 is 5.97 Å². The number of halogens is 1. The van der Waals surface area contributed by atoms with Crippen LogP contribution < -0.4 is 0 Å². The van der Waals surface area contributed by atoms with Gasteiger partial charge in [0.2, 0.25) is 5.91 Å². The van der Waals surface area contributed by atoms with Crippen molar-refractivity contribution >= 4 is 27.8 Å². The Balaban J connectivity index is 2.75. The second-order valence-electron chi connectivity index (χ2n) is 5.33. The topological polar surface area (TPSA) is 57.6 Å². The summed E-state index contributed by atoms with van der Waals surface area (Å²) >= 11 is 3.38. The fourth-order valence-electron chi connectivity index (χ4n) is 2.14. The third kappa shape index (κ3) is 5.50. The zero-order chi connectivity index (χ0) is 16.0. The normalized spacial score (nSPS) is 13.5. The van der Waals surface area contributed by atoms with Crippen molar-refractivity contribution in [3.63, 3.8) is 0 Å². The van der Waals surface area contributed by atoms with Crippen LogP contribution in [0.25, 0.3) is 0 Å². The van der Waals surface area contributed by atoms with E-state index in [9.17, 15) is 9.59 Å². The molecule has 1 N–H and O–H groups in total. The van der Waals surface area contributed by atoms with Gasteiger partial charge in [-0.05, 0) is 37.0 Å². The number of benzene rings is 1. The largest absolute Gasteiger partial charge is 0.480 e. The molecule has 116 valence electrons. The molecule has 0 aromatic heterocycles. The second kappa shape index (κ2) is 8.17. The van der Waals surface area contributed by atoms with Crippen LogP contribution in [0.1, 0.15) is 45.1 Å². The van der Waals surface area contributed by atoms with Gasteiger partial charge in [-0.1, -0.05) is 41.9 Å². The molecule has 0 aliphatic carbocycles. The Morgan fingerprint density at radius 2 is 1.81 bits per heavy atom. The van der Waals surface area contributed by atoms with Crippen LogP contribution in [0, 0.1) is 0 Å². The first kappa shape index (κ1) is 17.7. The predicted molar refractivity (Wildman–Crippen MR) is 86.3 cm³/mol. The standard InChI is InChI=1S/C16H22BrNO3/c1-4-12(3)18(10-16(20)21)15(19)9-11(2)13-5-7-14(17)8-6-13/h5-8,11-12H,4,9-10H2,1-3H3,(H,20,21). The molecule has 0 saturated carbocycles. The fourth-order valence-corrected chi connectivity index (χ4v) is 2.41. The van der Waals surface area contributed by atoms with Crippen LogP contribution in [-0.2, 0) is 9.59 Å². The summed E-state index contributed by atoms with van der Waals surface area (Å²) in [6, 6.07) is 7.78. The lowest BCUT2D eigenvalue weighted by molar-refractivity contribution is -0.146. The molecule has 0 saturated heterocycles. The molecule has 0 heterocycles. The van der Waals surface area contributed by atoms with E-state index in [4.69, 9.17) is 5.11 Å². The summed E-state index contributed by atoms with van der Waals surface area (Å²) in [7, 11) is 0. The average Bonchev–Trinajstić information content (AvgIpc) is 2.44. The van der Waals surface area contributed by atoms with Crippen molar-refractivity contribution in [3.8, 4) is 0 Å². The molecule has 0 aliphatic rings. The summed E-state index contributed by atoms with van der Waals surface area (Å²) in [5.74, 6) is -1.02. The Kier molecular flexibility index (Phi) is 6.89. The Labute approximate surface area is 134 Å². The van der Waals surface area contributed by atoms with Gasteiger partial charge < -0.3 is 10.0 Å². The highest BCUT2D eigenvalue weighted by atomic mass is 79.9. The molecule has 5 heteroatoms. The highest BCUT2D eigenvalue weighted by Crippen LogP contribution is 2.22. The minimum atomic E-state index is -0.972. The fraction of sp³-hybridized carbons (Fsp3) is 0.500.